The van der Waals surface area contributed by atoms with Crippen LogP contribution in [0, 0.1) is 10.1 Å². The molecule has 0 aliphatic rings. The lowest BCUT2D eigenvalue weighted by atomic mass is 10.0. The van der Waals surface area contributed by atoms with Gasteiger partial charge in [0.25, 0.3) is 5.69 Å². The largest absolute Gasteiger partial charge is 0.437 e. The number of halogens is 2. The topological polar surface area (TPSA) is 164 Å². The molecule has 294 valence electrons. The van der Waals surface area contributed by atoms with Crippen LogP contribution in [0.4, 0.5) is 23.0 Å². The molecule has 4 aromatic carbocycles. The predicted octanol–water partition coefficient (Wildman–Crippen LogP) is 11.7. The zero-order chi connectivity index (χ0) is 41.7. The van der Waals surface area contributed by atoms with Crippen molar-refractivity contribution in [2.45, 2.75) is 0 Å². The Morgan fingerprint density at radius 2 is 0.900 bits per heavy atom. The molecule has 0 saturated heterocycles. The van der Waals surface area contributed by atoms with Crippen molar-refractivity contribution in [2.24, 2.45) is 9.98 Å². The van der Waals surface area contributed by atoms with E-state index in [-0.39, 0.29) is 28.2 Å². The van der Waals surface area contributed by atoms with E-state index >= 15 is 0 Å². The van der Waals surface area contributed by atoms with Gasteiger partial charge >= 0.3 is 0 Å². The Morgan fingerprint density at radius 3 is 1.23 bits per heavy atom. The smallest absolute Gasteiger partial charge is 0.287 e. The Bertz CT molecular complexity index is 2660. The van der Waals surface area contributed by atoms with Gasteiger partial charge in [-0.3, -0.25) is 10.1 Å². The molecule has 0 atom stereocenters. The van der Waals surface area contributed by atoms with Crippen molar-refractivity contribution in [3.63, 3.8) is 0 Å². The highest BCUT2D eigenvalue weighted by Gasteiger charge is 2.16. The Kier molecular flexibility index (Phi) is 13.2. The number of benzene rings is 4. The van der Waals surface area contributed by atoms with Crippen LogP contribution in [0.1, 0.15) is 22.3 Å². The molecule has 0 fully saturated rings. The molecule has 0 saturated carbocycles. The highest BCUT2D eigenvalue weighted by molar-refractivity contribution is 6.35. The molecular formula is C46H32Cl2N8O4. The van der Waals surface area contributed by atoms with Gasteiger partial charge in [0, 0.05) is 65.0 Å². The third-order valence-electron chi connectivity index (χ3n) is 8.41. The van der Waals surface area contributed by atoms with Crippen LogP contribution in [0.2, 0.25) is 10.0 Å². The summed E-state index contributed by atoms with van der Waals surface area (Å²) < 4.78 is 11.5. The third kappa shape index (κ3) is 10.4. The Balaban J connectivity index is 0.000000182. The second-order valence-corrected chi connectivity index (χ2v) is 13.3. The van der Waals surface area contributed by atoms with E-state index in [9.17, 15) is 10.1 Å². The SMILES string of the molecule is Nc1ccc(Oc2ccnc(N=C(c3ccccc3)c3ccccc3)c2Cl)nc1.O=[N+]([O-])c1ccc(Oc2ccnc(N=C(c3ccccc3)c3ccccc3)c2Cl)nc1. The van der Waals surface area contributed by atoms with Gasteiger partial charge in [0.2, 0.25) is 11.8 Å². The van der Waals surface area contributed by atoms with E-state index in [0.29, 0.717) is 33.9 Å². The number of ether oxygens (including phenoxy) is 2. The molecule has 14 heteroatoms. The minimum absolute atomic E-state index is 0.131. The highest BCUT2D eigenvalue weighted by atomic mass is 35.5. The van der Waals surface area contributed by atoms with Crippen molar-refractivity contribution in [1.82, 2.24) is 19.9 Å². The predicted molar refractivity (Wildman–Crippen MR) is 235 cm³/mol. The maximum Gasteiger partial charge on any atom is 0.287 e. The number of pyridine rings is 4. The van der Waals surface area contributed by atoms with Crippen LogP contribution in [-0.4, -0.2) is 36.3 Å². The van der Waals surface area contributed by atoms with Gasteiger partial charge < -0.3 is 15.2 Å². The zero-order valence-corrected chi connectivity index (χ0v) is 32.9. The number of aliphatic imine (C=N–C) groups is 2. The van der Waals surface area contributed by atoms with E-state index in [2.05, 4.69) is 19.9 Å². The van der Waals surface area contributed by atoms with Crippen LogP contribution in [0.25, 0.3) is 0 Å². The summed E-state index contributed by atoms with van der Waals surface area (Å²) in [5, 5.41) is 11.3. The van der Waals surface area contributed by atoms with E-state index < -0.39 is 4.92 Å². The number of nitrogens with zero attached hydrogens (tertiary/aromatic N) is 7. The lowest BCUT2D eigenvalue weighted by molar-refractivity contribution is -0.385. The molecule has 0 bridgehead atoms. The van der Waals surface area contributed by atoms with Gasteiger partial charge in [-0.15, -0.1) is 0 Å². The first-order valence-corrected chi connectivity index (χ1v) is 18.9. The van der Waals surface area contributed by atoms with Gasteiger partial charge in [-0.25, -0.2) is 29.9 Å². The van der Waals surface area contributed by atoms with Gasteiger partial charge in [-0.2, -0.15) is 0 Å². The Hall–Kier alpha value is -7.80. The fourth-order valence-corrected chi connectivity index (χ4v) is 5.94. The maximum atomic E-state index is 10.8. The first-order chi connectivity index (χ1) is 29.3. The minimum atomic E-state index is -0.530. The number of aromatic nitrogens is 4. The number of rotatable bonds is 11. The van der Waals surface area contributed by atoms with Crippen LogP contribution in [0.3, 0.4) is 0 Å². The van der Waals surface area contributed by atoms with E-state index in [1.54, 1.807) is 30.5 Å². The van der Waals surface area contributed by atoms with Crippen molar-refractivity contribution >= 4 is 57.6 Å². The molecule has 0 amide bonds. The van der Waals surface area contributed by atoms with E-state index in [0.717, 1.165) is 34.2 Å². The quantitative estimate of drug-likeness (QED) is 0.0758. The summed E-state index contributed by atoms with van der Waals surface area (Å²) in [6, 6.07) is 48.6. The molecule has 0 aliphatic heterocycles. The summed E-state index contributed by atoms with van der Waals surface area (Å²) in [6.07, 6.45) is 5.77. The summed E-state index contributed by atoms with van der Waals surface area (Å²) >= 11 is 13.1. The average molecular weight is 832 g/mol. The molecular weight excluding hydrogens is 799 g/mol. The second kappa shape index (κ2) is 19.6. The fourth-order valence-electron chi connectivity index (χ4n) is 5.55. The van der Waals surface area contributed by atoms with Gasteiger partial charge in [-0.05, 0) is 6.07 Å². The van der Waals surface area contributed by atoms with Crippen LogP contribution >= 0.6 is 23.2 Å². The fraction of sp³-hybridized carbons (Fsp3) is 0. The molecule has 4 aromatic heterocycles. The average Bonchev–Trinajstić information content (AvgIpc) is 3.29. The van der Waals surface area contributed by atoms with Gasteiger partial charge in [-0.1, -0.05) is 145 Å². The van der Waals surface area contributed by atoms with Crippen LogP contribution in [0.15, 0.2) is 192 Å². The second-order valence-electron chi connectivity index (χ2n) is 12.5. The van der Waals surface area contributed by atoms with Crippen molar-refractivity contribution in [2.75, 3.05) is 5.73 Å². The maximum absolute atomic E-state index is 10.8. The molecule has 4 heterocycles. The number of anilines is 1. The first-order valence-electron chi connectivity index (χ1n) is 18.2. The van der Waals surface area contributed by atoms with Crippen LogP contribution in [-0.2, 0) is 0 Å². The number of nitrogens with two attached hydrogens (primary N) is 1. The van der Waals surface area contributed by atoms with Gasteiger partial charge in [0.15, 0.2) is 23.1 Å². The Morgan fingerprint density at radius 1 is 0.517 bits per heavy atom. The van der Waals surface area contributed by atoms with Gasteiger partial charge in [0.1, 0.15) is 16.2 Å². The Labute approximate surface area is 354 Å². The molecule has 2 N–H and O–H groups in total. The highest BCUT2D eigenvalue weighted by Crippen LogP contribution is 2.37. The molecule has 0 spiro atoms. The molecule has 8 rings (SSSR count). The summed E-state index contributed by atoms with van der Waals surface area (Å²) in [4.78, 5) is 36.5. The van der Waals surface area contributed by atoms with Crippen molar-refractivity contribution < 1.29 is 14.4 Å². The van der Waals surface area contributed by atoms with Crippen LogP contribution in [0.5, 0.6) is 23.3 Å². The lowest BCUT2D eigenvalue weighted by Crippen LogP contribution is -2.03. The molecule has 12 nitrogen and oxygen atoms in total. The van der Waals surface area contributed by atoms with Crippen molar-refractivity contribution in [3.05, 3.63) is 225 Å². The van der Waals surface area contributed by atoms with Crippen molar-refractivity contribution in [3.8, 4) is 23.3 Å². The normalized spacial score (nSPS) is 10.4. The summed E-state index contributed by atoms with van der Waals surface area (Å²) in [5.41, 5.74) is 11.3. The zero-order valence-electron chi connectivity index (χ0n) is 31.4. The summed E-state index contributed by atoms with van der Waals surface area (Å²) in [6.45, 7) is 0. The number of hydrogen-bond acceptors (Lipinski definition) is 11. The minimum Gasteiger partial charge on any atom is -0.437 e. The lowest BCUT2D eigenvalue weighted by Gasteiger charge is -2.10. The molecule has 8 aromatic rings. The number of hydrogen-bond donors (Lipinski definition) is 1. The molecule has 60 heavy (non-hydrogen) atoms. The molecule has 0 radical (unpaired) electrons. The van der Waals surface area contributed by atoms with Gasteiger partial charge in [0.05, 0.1) is 28.2 Å². The van der Waals surface area contributed by atoms with E-state index in [1.165, 1.54) is 24.5 Å². The number of nitro groups is 1. The van der Waals surface area contributed by atoms with Crippen molar-refractivity contribution in [1.29, 1.82) is 0 Å². The molecule has 0 unspecified atom stereocenters. The monoisotopic (exact) mass is 830 g/mol. The van der Waals surface area contributed by atoms with Crippen LogP contribution < -0.4 is 15.2 Å². The molecule has 0 aliphatic carbocycles. The summed E-state index contributed by atoms with van der Waals surface area (Å²) in [5.74, 6) is 1.90. The van der Waals surface area contributed by atoms with E-state index in [1.807, 2.05) is 121 Å². The number of nitrogen functional groups attached to an aromatic ring is 1. The standard InChI is InChI=1S/C23H15ClN4O3.C23H17ClN4O/c24-21-19(31-20-12-11-18(15-26-20)28(29)30)13-14-25-23(21)27-22(16-7-3-1-4-8-16)17-9-5-2-6-10-17;24-21-19(29-20-12-11-18(25)15-27-20)13-14-26-23(21)28-22(16-7-3-1-4-8-16)17-9-5-2-6-10-17/h1-15H;1-15H,25H2. The van der Waals surface area contributed by atoms with E-state index in [4.69, 9.17) is 48.4 Å². The summed E-state index contributed by atoms with van der Waals surface area (Å²) in [7, 11) is 0. The third-order valence-corrected chi connectivity index (χ3v) is 9.13. The first kappa shape index (κ1) is 40.4.